The minimum absolute atomic E-state index is 0.401. The summed E-state index contributed by atoms with van der Waals surface area (Å²) in [4.78, 5) is 23.5. The molecule has 0 spiro atoms. The number of allylic oxidation sites excluding steroid dienone is 2. The van der Waals surface area contributed by atoms with Gasteiger partial charge in [-0.2, -0.15) is 0 Å². The van der Waals surface area contributed by atoms with Gasteiger partial charge in [-0.3, -0.25) is 14.9 Å². The number of nitrogens with one attached hydrogen (secondary N) is 2. The first-order valence-corrected chi connectivity index (χ1v) is 8.11. The van der Waals surface area contributed by atoms with Gasteiger partial charge in [0.05, 0.1) is 0 Å². The van der Waals surface area contributed by atoms with Gasteiger partial charge < -0.3 is 5.32 Å². The molecule has 1 aromatic heterocycles. The van der Waals surface area contributed by atoms with Gasteiger partial charge in [-0.05, 0) is 38.0 Å². The lowest BCUT2D eigenvalue weighted by Gasteiger charge is -2.17. The summed E-state index contributed by atoms with van der Waals surface area (Å²) in [5.41, 5.74) is 0. The topological polar surface area (TPSA) is 84.0 Å². The van der Waals surface area contributed by atoms with Crippen molar-refractivity contribution in [1.82, 2.24) is 15.5 Å². The summed E-state index contributed by atoms with van der Waals surface area (Å²) in [6.45, 7) is 0.542. The molecule has 0 saturated heterocycles. The number of nitrogens with zero attached hydrogens (tertiary/aromatic N) is 2. The Bertz CT molecular complexity index is 565. The van der Waals surface area contributed by atoms with E-state index in [4.69, 9.17) is 0 Å². The van der Waals surface area contributed by atoms with Crippen LogP contribution in [0.1, 0.15) is 43.0 Å². The molecule has 1 saturated carbocycles. The van der Waals surface area contributed by atoms with Crippen LogP contribution >= 0.6 is 11.3 Å². The lowest BCUT2D eigenvalue weighted by atomic mass is 9.94. The van der Waals surface area contributed by atoms with Crippen LogP contribution in [0.3, 0.4) is 0 Å². The smallest absolute Gasteiger partial charge is 0.315 e. The van der Waals surface area contributed by atoms with Crippen LogP contribution in [0.15, 0.2) is 12.2 Å². The minimum atomic E-state index is -0.667. The predicted octanol–water partition coefficient (Wildman–Crippen LogP) is 1.83. The molecule has 2 aliphatic rings. The van der Waals surface area contributed by atoms with Crippen LogP contribution in [0, 0.1) is 5.92 Å². The van der Waals surface area contributed by atoms with Gasteiger partial charge in [0.15, 0.2) is 0 Å². The number of aromatic nitrogens is 2. The summed E-state index contributed by atoms with van der Waals surface area (Å²) in [5, 5.41) is 14.5. The highest BCUT2D eigenvalue weighted by atomic mass is 32.1. The summed E-state index contributed by atoms with van der Waals surface area (Å²) in [6, 6.07) is 0. The molecular weight excluding hydrogens is 288 g/mol. The first-order valence-electron chi connectivity index (χ1n) is 7.30. The Morgan fingerprint density at radius 2 is 2.05 bits per heavy atom. The van der Waals surface area contributed by atoms with Gasteiger partial charge in [0, 0.05) is 12.5 Å². The number of amides is 2. The van der Waals surface area contributed by atoms with Gasteiger partial charge in [-0.15, -0.1) is 10.2 Å². The van der Waals surface area contributed by atoms with E-state index >= 15 is 0 Å². The second kappa shape index (κ2) is 6.34. The molecule has 0 aromatic carbocycles. The van der Waals surface area contributed by atoms with E-state index in [0.29, 0.717) is 23.5 Å². The molecule has 0 bridgehead atoms. The zero-order valence-electron chi connectivity index (χ0n) is 11.7. The number of rotatable bonds is 4. The monoisotopic (exact) mass is 306 g/mol. The molecule has 21 heavy (non-hydrogen) atoms. The highest BCUT2D eigenvalue weighted by Crippen LogP contribution is 2.41. The van der Waals surface area contributed by atoms with E-state index in [2.05, 4.69) is 33.0 Å². The van der Waals surface area contributed by atoms with E-state index in [9.17, 15) is 9.59 Å². The van der Waals surface area contributed by atoms with Crippen LogP contribution in [-0.4, -0.2) is 28.6 Å². The lowest BCUT2D eigenvalue weighted by molar-refractivity contribution is -0.136. The van der Waals surface area contributed by atoms with E-state index in [1.54, 1.807) is 0 Å². The van der Waals surface area contributed by atoms with Crippen LogP contribution < -0.4 is 10.6 Å². The number of carbonyl (C=O) groups excluding carboxylic acids is 2. The maximum atomic E-state index is 11.8. The van der Waals surface area contributed by atoms with Crippen molar-refractivity contribution in [3.05, 3.63) is 17.2 Å². The minimum Gasteiger partial charge on any atom is -0.348 e. The average molecular weight is 306 g/mol. The van der Waals surface area contributed by atoms with Crippen molar-refractivity contribution in [2.75, 3.05) is 11.9 Å². The van der Waals surface area contributed by atoms with Crippen LogP contribution in [0.4, 0.5) is 5.13 Å². The first-order chi connectivity index (χ1) is 10.2. The molecule has 3 rings (SSSR count). The Morgan fingerprint density at radius 1 is 1.19 bits per heavy atom. The van der Waals surface area contributed by atoms with Crippen molar-refractivity contribution in [1.29, 1.82) is 0 Å². The van der Waals surface area contributed by atoms with Crippen molar-refractivity contribution in [2.45, 2.75) is 38.0 Å². The van der Waals surface area contributed by atoms with Gasteiger partial charge in [0.1, 0.15) is 5.01 Å². The number of carbonyl (C=O) groups is 2. The molecule has 1 heterocycles. The van der Waals surface area contributed by atoms with E-state index in [0.717, 1.165) is 37.1 Å². The fraction of sp³-hybridized carbons (Fsp3) is 0.571. The second-order valence-electron chi connectivity index (χ2n) is 5.53. The maximum absolute atomic E-state index is 11.8. The van der Waals surface area contributed by atoms with Crippen molar-refractivity contribution < 1.29 is 9.59 Å². The molecule has 1 unspecified atom stereocenters. The van der Waals surface area contributed by atoms with E-state index < -0.39 is 11.8 Å². The summed E-state index contributed by atoms with van der Waals surface area (Å²) >= 11 is 1.35. The summed E-state index contributed by atoms with van der Waals surface area (Å²) in [6.07, 6.45) is 9.61. The van der Waals surface area contributed by atoms with Crippen molar-refractivity contribution in [2.24, 2.45) is 5.92 Å². The molecular formula is C14H18N4O2S. The third-order valence-corrected chi connectivity index (χ3v) is 4.72. The average Bonchev–Trinajstić information content (AvgIpc) is 3.26. The Labute approximate surface area is 127 Å². The molecule has 7 heteroatoms. The molecule has 1 fully saturated rings. The molecule has 2 aliphatic carbocycles. The maximum Gasteiger partial charge on any atom is 0.315 e. The SMILES string of the molecule is O=C(NCC1CC=CCC1)C(=O)Nc1nnc(C2CC2)s1. The van der Waals surface area contributed by atoms with Gasteiger partial charge in [0.25, 0.3) is 0 Å². The fourth-order valence-corrected chi connectivity index (χ4v) is 3.20. The zero-order chi connectivity index (χ0) is 14.7. The molecule has 1 aromatic rings. The van der Waals surface area contributed by atoms with E-state index in [1.807, 2.05) is 0 Å². The van der Waals surface area contributed by atoms with Crippen LogP contribution in [-0.2, 0) is 9.59 Å². The Kier molecular flexibility index (Phi) is 4.28. The van der Waals surface area contributed by atoms with Gasteiger partial charge in [0.2, 0.25) is 5.13 Å². The highest BCUT2D eigenvalue weighted by Gasteiger charge is 2.28. The quantitative estimate of drug-likeness (QED) is 0.656. The van der Waals surface area contributed by atoms with Crippen molar-refractivity contribution >= 4 is 28.3 Å². The van der Waals surface area contributed by atoms with Gasteiger partial charge in [-0.25, -0.2) is 0 Å². The van der Waals surface area contributed by atoms with Crippen LogP contribution in [0.25, 0.3) is 0 Å². The Balaban J connectivity index is 1.45. The third-order valence-electron chi connectivity index (χ3n) is 3.72. The van der Waals surface area contributed by atoms with Crippen molar-refractivity contribution in [3.8, 4) is 0 Å². The Hall–Kier alpha value is -1.76. The number of anilines is 1. The highest BCUT2D eigenvalue weighted by molar-refractivity contribution is 7.15. The molecule has 2 N–H and O–H groups in total. The number of hydrogen-bond donors (Lipinski definition) is 2. The summed E-state index contributed by atoms with van der Waals surface area (Å²) in [5.74, 6) is -0.344. The first kappa shape index (κ1) is 14.2. The van der Waals surface area contributed by atoms with Crippen LogP contribution in [0.2, 0.25) is 0 Å². The molecule has 2 amide bonds. The molecule has 0 radical (unpaired) electrons. The van der Waals surface area contributed by atoms with Gasteiger partial charge in [-0.1, -0.05) is 23.5 Å². The van der Waals surface area contributed by atoms with Crippen molar-refractivity contribution in [3.63, 3.8) is 0 Å². The lowest BCUT2D eigenvalue weighted by Crippen LogP contribution is -2.38. The number of hydrogen-bond acceptors (Lipinski definition) is 5. The molecule has 1 atom stereocenters. The van der Waals surface area contributed by atoms with Gasteiger partial charge >= 0.3 is 11.8 Å². The largest absolute Gasteiger partial charge is 0.348 e. The predicted molar refractivity (Wildman–Crippen MR) is 80.0 cm³/mol. The molecule has 0 aliphatic heterocycles. The molecule has 112 valence electrons. The summed E-state index contributed by atoms with van der Waals surface area (Å²) < 4.78 is 0. The van der Waals surface area contributed by atoms with E-state index in [-0.39, 0.29) is 0 Å². The third kappa shape index (κ3) is 3.87. The Morgan fingerprint density at radius 3 is 2.76 bits per heavy atom. The second-order valence-corrected chi connectivity index (χ2v) is 6.54. The normalized spacial score (nSPS) is 21.0. The summed E-state index contributed by atoms with van der Waals surface area (Å²) in [7, 11) is 0. The fourth-order valence-electron chi connectivity index (χ4n) is 2.29. The zero-order valence-corrected chi connectivity index (χ0v) is 12.5. The van der Waals surface area contributed by atoms with Crippen LogP contribution in [0.5, 0.6) is 0 Å². The molecule has 6 nitrogen and oxygen atoms in total. The van der Waals surface area contributed by atoms with E-state index in [1.165, 1.54) is 11.3 Å². The standard InChI is InChI=1S/C14H18N4O2S/c19-11(15-8-9-4-2-1-3-5-9)12(20)16-14-18-17-13(21-14)10-6-7-10/h1-2,9-10H,3-8H2,(H,15,19)(H,16,18,20).